The molecule has 0 amide bonds. The van der Waals surface area contributed by atoms with Crippen molar-refractivity contribution in [3.8, 4) is 0 Å². The highest BCUT2D eigenvalue weighted by Gasteiger charge is 2.53. The average molecular weight is 752 g/mol. The van der Waals surface area contributed by atoms with Gasteiger partial charge in [-0.1, -0.05) is 0 Å². The minimum Gasteiger partial charge on any atom is -0.465 e. The fraction of sp³-hybridized carbons (Fsp3) is 0.478. The van der Waals surface area contributed by atoms with Crippen molar-refractivity contribution in [1.29, 1.82) is 0 Å². The highest BCUT2D eigenvalue weighted by atomic mass is 31.2. The van der Waals surface area contributed by atoms with Crippen LogP contribution >= 0.6 is 15.4 Å². The van der Waals surface area contributed by atoms with Crippen molar-refractivity contribution in [3.63, 3.8) is 0 Å². The van der Waals surface area contributed by atoms with Crippen LogP contribution in [-0.2, 0) is 41.4 Å². The number of phosphoric acid groups is 1. The number of aliphatic hydroxyl groups excluding tert-OH is 1. The lowest BCUT2D eigenvalue weighted by Crippen LogP contribution is -2.40. The number of halogens is 3. The molecule has 4 aromatic rings. The van der Waals surface area contributed by atoms with Gasteiger partial charge in [0.25, 0.3) is 5.56 Å². The first-order valence-electron chi connectivity index (χ1n) is 14.1. The second-order valence-corrected chi connectivity index (χ2v) is 14.4. The molecule has 3 aliphatic rings. The van der Waals surface area contributed by atoms with E-state index >= 15 is 0 Å². The fourth-order valence-corrected chi connectivity index (χ4v) is 7.41. The molecule has 2 bridgehead atoms. The standard InChI is InChI=1S/C23H25F3N10O12P2/c1-49(39)43-2-8-13(12(37)20(45-8)35-6-31-10-16(27)29-5-30-17(10)35)48-50(40,41)44-3-9-14(42-4-23(24,25)26)15(47-49)21(46-9)36-7-32-11-18(36)33-22(28)34-19(11)38/h5-7,9,12,14-15,20-21,37H,2-4H2,1H3,(H,40,41)(H2,27,29,30)(H3,28,33,34,38)/t9-,12?,14?,15?,20-,21-,49?/m1/s1. The number of phosphoric ester groups is 1. The van der Waals surface area contributed by atoms with Crippen molar-refractivity contribution in [3.05, 3.63) is 40.9 Å². The Labute approximate surface area is 275 Å². The number of ether oxygens (including phenoxy) is 3. The molecule has 1 saturated heterocycles. The maximum Gasteiger partial charge on any atom is 0.527 e. The van der Waals surface area contributed by atoms with Crippen molar-refractivity contribution >= 4 is 49.5 Å². The van der Waals surface area contributed by atoms with Crippen LogP contribution in [-0.4, -0.2) is 106 Å². The maximum absolute atomic E-state index is 13.8. The molecular weight excluding hydrogens is 727 g/mol. The molecule has 4 aromatic heterocycles. The number of hydrogen-bond acceptors (Lipinski definition) is 18. The number of aromatic nitrogens is 8. The summed E-state index contributed by atoms with van der Waals surface area (Å²) in [7, 11) is -9.69. The summed E-state index contributed by atoms with van der Waals surface area (Å²) in [6.45, 7) is -2.74. The van der Waals surface area contributed by atoms with E-state index in [1.807, 2.05) is 0 Å². The highest BCUT2D eigenvalue weighted by molar-refractivity contribution is 7.53. The van der Waals surface area contributed by atoms with Gasteiger partial charge in [-0.25, -0.2) is 24.5 Å². The molecule has 0 saturated carbocycles. The Bertz CT molecular complexity index is 2160. The number of H-pyrrole nitrogens is 1. The van der Waals surface area contributed by atoms with E-state index in [0.717, 1.165) is 23.9 Å². The van der Waals surface area contributed by atoms with Gasteiger partial charge in [-0.15, -0.1) is 0 Å². The van der Waals surface area contributed by atoms with E-state index in [1.165, 1.54) is 10.9 Å². The number of fused-ring (bicyclic) bond motifs is 4. The molecule has 8 atom stereocenters. The normalized spacial score (nSPS) is 32.3. The first-order chi connectivity index (χ1) is 23.5. The summed E-state index contributed by atoms with van der Waals surface area (Å²) in [5, 5.41) is 11.2. The van der Waals surface area contributed by atoms with Crippen molar-refractivity contribution in [2.24, 2.45) is 0 Å². The van der Waals surface area contributed by atoms with Gasteiger partial charge < -0.3 is 39.8 Å². The molecule has 7 N–H and O–H groups in total. The molecule has 0 aliphatic carbocycles. The summed E-state index contributed by atoms with van der Waals surface area (Å²) in [4.78, 5) is 45.3. The number of aliphatic hydroxyl groups is 1. The largest absolute Gasteiger partial charge is 0.527 e. The molecule has 50 heavy (non-hydrogen) atoms. The van der Waals surface area contributed by atoms with Crippen LogP contribution in [0, 0.1) is 0 Å². The fourth-order valence-electron chi connectivity index (χ4n) is 5.48. The second-order valence-electron chi connectivity index (χ2n) is 11.0. The van der Waals surface area contributed by atoms with Crippen LogP contribution in [0.25, 0.3) is 22.3 Å². The van der Waals surface area contributed by atoms with Crippen LogP contribution in [0.2, 0.25) is 0 Å². The molecule has 270 valence electrons. The molecule has 7 rings (SSSR count). The number of imidazole rings is 2. The lowest BCUT2D eigenvalue weighted by Gasteiger charge is -2.28. The SMILES string of the molecule is CP1(=O)OCC2=C(OP(=O)(O)OC[C@H]3O[C@@H](n4cnc5c(=O)[nH]c(N)nc54)C(O1)C3OCC(F)(F)F)C(O)[C@H](n1cnc3c(N)ncnc31)O2. The summed E-state index contributed by atoms with van der Waals surface area (Å²) in [5.41, 5.74) is 10.5. The van der Waals surface area contributed by atoms with Crippen LogP contribution < -0.4 is 17.0 Å². The Kier molecular flexibility index (Phi) is 8.39. The van der Waals surface area contributed by atoms with Crippen LogP contribution in [0.3, 0.4) is 0 Å². The average Bonchev–Trinajstić information content (AvgIpc) is 3.78. The lowest BCUT2D eigenvalue weighted by atomic mass is 10.1. The number of alkyl halides is 3. The number of hydrogen-bond donors (Lipinski definition) is 5. The lowest BCUT2D eigenvalue weighted by molar-refractivity contribution is -0.196. The third-order valence-electron chi connectivity index (χ3n) is 7.55. The van der Waals surface area contributed by atoms with Gasteiger partial charge in [0.2, 0.25) is 12.2 Å². The smallest absolute Gasteiger partial charge is 0.465 e. The van der Waals surface area contributed by atoms with Crippen LogP contribution in [0.5, 0.6) is 0 Å². The van der Waals surface area contributed by atoms with E-state index in [2.05, 4.69) is 29.9 Å². The third kappa shape index (κ3) is 6.42. The van der Waals surface area contributed by atoms with Crippen LogP contribution in [0.15, 0.2) is 35.3 Å². The zero-order valence-electron chi connectivity index (χ0n) is 25.1. The van der Waals surface area contributed by atoms with Gasteiger partial charge in [0.15, 0.2) is 46.5 Å². The number of nitrogen functional groups attached to an aromatic ring is 2. The second kappa shape index (κ2) is 12.2. The van der Waals surface area contributed by atoms with Gasteiger partial charge in [-0.2, -0.15) is 18.2 Å². The number of rotatable bonds is 4. The number of nitrogens with zero attached hydrogens (tertiary/aromatic N) is 7. The number of anilines is 2. The van der Waals surface area contributed by atoms with Gasteiger partial charge in [-0.3, -0.25) is 37.4 Å². The van der Waals surface area contributed by atoms with E-state index in [9.17, 15) is 37.1 Å². The Morgan fingerprint density at radius 1 is 1.08 bits per heavy atom. The van der Waals surface area contributed by atoms with Gasteiger partial charge in [0, 0.05) is 6.66 Å². The predicted octanol–water partition coefficient (Wildman–Crippen LogP) is 0.442. The van der Waals surface area contributed by atoms with Crippen molar-refractivity contribution < 1.29 is 64.6 Å². The molecule has 7 heterocycles. The Morgan fingerprint density at radius 2 is 1.80 bits per heavy atom. The third-order valence-corrected chi connectivity index (χ3v) is 9.67. The molecule has 3 aliphatic heterocycles. The molecular formula is C23H25F3N10O12P2. The van der Waals surface area contributed by atoms with Crippen molar-refractivity contribution in [2.45, 2.75) is 43.0 Å². The Morgan fingerprint density at radius 3 is 2.54 bits per heavy atom. The summed E-state index contributed by atoms with van der Waals surface area (Å²) in [6.07, 6.45) is -11.7. The zero-order valence-corrected chi connectivity index (χ0v) is 26.9. The number of nitrogens with two attached hydrogens (primary N) is 2. The molecule has 27 heteroatoms. The number of nitrogens with one attached hydrogen (secondary N) is 1. The maximum atomic E-state index is 13.8. The van der Waals surface area contributed by atoms with Crippen LogP contribution in [0.4, 0.5) is 24.9 Å². The van der Waals surface area contributed by atoms with E-state index < -0.39 is 95.4 Å². The van der Waals surface area contributed by atoms with E-state index in [1.54, 1.807) is 0 Å². The molecule has 5 unspecified atom stereocenters. The molecule has 0 spiro atoms. The summed E-state index contributed by atoms with van der Waals surface area (Å²) in [5.74, 6) is -1.48. The highest BCUT2D eigenvalue weighted by Crippen LogP contribution is 2.55. The first kappa shape index (κ1) is 34.3. The van der Waals surface area contributed by atoms with Gasteiger partial charge in [0.1, 0.15) is 49.7 Å². The molecule has 22 nitrogen and oxygen atoms in total. The minimum absolute atomic E-state index is 0.00317. The zero-order chi connectivity index (χ0) is 35.7. The molecule has 0 aromatic carbocycles. The van der Waals surface area contributed by atoms with Crippen molar-refractivity contribution in [2.75, 3.05) is 38.0 Å². The van der Waals surface area contributed by atoms with Crippen molar-refractivity contribution in [1.82, 2.24) is 39.0 Å². The van der Waals surface area contributed by atoms with E-state index in [4.69, 9.17) is 43.8 Å². The minimum atomic E-state index is -5.28. The summed E-state index contributed by atoms with van der Waals surface area (Å²) < 4.78 is 108. The monoisotopic (exact) mass is 752 g/mol. The summed E-state index contributed by atoms with van der Waals surface area (Å²) >= 11 is 0. The van der Waals surface area contributed by atoms with E-state index in [0.29, 0.717) is 0 Å². The van der Waals surface area contributed by atoms with Gasteiger partial charge >= 0.3 is 21.6 Å². The molecule has 0 radical (unpaired) electrons. The summed E-state index contributed by atoms with van der Waals surface area (Å²) in [6, 6.07) is 0. The predicted molar refractivity (Wildman–Crippen MR) is 156 cm³/mol. The molecule has 1 fully saturated rings. The van der Waals surface area contributed by atoms with Gasteiger partial charge in [-0.05, 0) is 0 Å². The van der Waals surface area contributed by atoms with E-state index in [-0.39, 0.29) is 34.1 Å². The van der Waals surface area contributed by atoms with Crippen LogP contribution in [0.1, 0.15) is 12.5 Å². The topological polar surface area (TPSA) is 298 Å². The van der Waals surface area contributed by atoms with Gasteiger partial charge in [0.05, 0.1) is 12.9 Å². The Hall–Kier alpha value is -4.19. The first-order valence-corrected chi connectivity index (χ1v) is 17.6. The Balaban J connectivity index is 1.25. The number of aromatic amines is 1. The quantitative estimate of drug-likeness (QED) is 0.177.